The van der Waals surface area contributed by atoms with E-state index < -0.39 is 10.9 Å². The van der Waals surface area contributed by atoms with Crippen LogP contribution in [0.1, 0.15) is 16.1 Å². The molecule has 0 amide bonds. The molecule has 20 heavy (non-hydrogen) atoms. The minimum Gasteiger partial charge on any atom is -0.478 e. The van der Waals surface area contributed by atoms with Crippen LogP contribution < -0.4 is 4.74 Å². The number of hydrogen-bond donors (Lipinski definition) is 1. The van der Waals surface area contributed by atoms with Crippen molar-refractivity contribution in [3.05, 3.63) is 45.6 Å². The molecule has 0 saturated heterocycles. The van der Waals surface area contributed by atoms with Crippen molar-refractivity contribution in [3.8, 4) is 11.6 Å². The molecule has 0 spiro atoms. The molecule has 0 aliphatic rings. The number of nitro groups is 1. The maximum atomic E-state index is 11.1. The van der Waals surface area contributed by atoms with Gasteiger partial charge in [-0.25, -0.2) is 9.48 Å². The zero-order valence-electron chi connectivity index (χ0n) is 10.7. The first kappa shape index (κ1) is 13.5. The van der Waals surface area contributed by atoms with Crippen molar-refractivity contribution < 1.29 is 19.6 Å². The number of carboxylic acid groups (broad SMARTS) is 1. The van der Waals surface area contributed by atoms with E-state index in [0.717, 1.165) is 18.2 Å². The fourth-order valence-electron chi connectivity index (χ4n) is 1.68. The molecular formula is C12H11N3O5. The van der Waals surface area contributed by atoms with Gasteiger partial charge in [0.25, 0.3) is 5.69 Å². The van der Waals surface area contributed by atoms with Crippen molar-refractivity contribution >= 4 is 11.7 Å². The number of benzene rings is 1. The molecule has 0 aliphatic carbocycles. The number of hydrogen-bond acceptors (Lipinski definition) is 5. The number of aromatic nitrogens is 2. The lowest BCUT2D eigenvalue weighted by molar-refractivity contribution is -0.384. The molecule has 1 aromatic heterocycles. The van der Waals surface area contributed by atoms with E-state index in [0.29, 0.717) is 11.6 Å². The summed E-state index contributed by atoms with van der Waals surface area (Å²) in [4.78, 5) is 21.2. The third-order valence-corrected chi connectivity index (χ3v) is 2.58. The molecule has 0 unspecified atom stereocenters. The second kappa shape index (κ2) is 5.00. The Bertz CT molecular complexity index is 692. The van der Waals surface area contributed by atoms with Gasteiger partial charge in [0.05, 0.1) is 16.7 Å². The molecule has 1 aromatic carbocycles. The maximum Gasteiger partial charge on any atom is 0.339 e. The Morgan fingerprint density at radius 1 is 1.45 bits per heavy atom. The first-order valence-corrected chi connectivity index (χ1v) is 5.58. The molecular weight excluding hydrogens is 266 g/mol. The molecule has 8 nitrogen and oxygen atoms in total. The van der Waals surface area contributed by atoms with Gasteiger partial charge in [-0.15, -0.1) is 0 Å². The summed E-state index contributed by atoms with van der Waals surface area (Å²) in [6.45, 7) is 1.75. The summed E-state index contributed by atoms with van der Waals surface area (Å²) < 4.78 is 6.84. The van der Waals surface area contributed by atoms with Crippen LogP contribution >= 0.6 is 0 Å². The van der Waals surface area contributed by atoms with Crippen molar-refractivity contribution in [2.75, 3.05) is 0 Å². The van der Waals surface area contributed by atoms with Crippen molar-refractivity contribution in [3.63, 3.8) is 0 Å². The zero-order valence-corrected chi connectivity index (χ0v) is 10.7. The average molecular weight is 277 g/mol. The summed E-state index contributed by atoms with van der Waals surface area (Å²) >= 11 is 0. The first-order chi connectivity index (χ1) is 9.38. The van der Waals surface area contributed by atoms with Crippen LogP contribution in [-0.4, -0.2) is 25.8 Å². The molecule has 1 heterocycles. The quantitative estimate of drug-likeness (QED) is 0.677. The van der Waals surface area contributed by atoms with Crippen LogP contribution in [0.15, 0.2) is 24.3 Å². The Morgan fingerprint density at radius 3 is 2.65 bits per heavy atom. The zero-order chi connectivity index (χ0) is 14.9. The average Bonchev–Trinajstić information content (AvgIpc) is 2.67. The predicted molar refractivity (Wildman–Crippen MR) is 68.1 cm³/mol. The van der Waals surface area contributed by atoms with Gasteiger partial charge >= 0.3 is 5.97 Å². The third-order valence-electron chi connectivity index (χ3n) is 2.58. The van der Waals surface area contributed by atoms with Crippen LogP contribution in [0.25, 0.3) is 0 Å². The number of ether oxygens (including phenoxy) is 1. The number of aromatic carboxylic acids is 1. The standard InChI is InChI=1S/C12H11N3O5/c1-7-5-11(14(2)13-7)20-10-6-8(15(18)19)3-4-9(10)12(16)17/h3-6H,1-2H3,(H,16,17). The molecule has 0 fully saturated rings. The SMILES string of the molecule is Cc1cc(Oc2cc([N+](=O)[O-])ccc2C(=O)O)n(C)n1. The molecule has 8 heteroatoms. The van der Waals surface area contributed by atoms with Crippen LogP contribution in [0.2, 0.25) is 0 Å². The van der Waals surface area contributed by atoms with Gasteiger partial charge < -0.3 is 9.84 Å². The Morgan fingerprint density at radius 2 is 2.15 bits per heavy atom. The van der Waals surface area contributed by atoms with Gasteiger partial charge in [-0.3, -0.25) is 10.1 Å². The lowest BCUT2D eigenvalue weighted by atomic mass is 10.2. The molecule has 0 saturated carbocycles. The fourth-order valence-corrected chi connectivity index (χ4v) is 1.68. The van der Waals surface area contributed by atoms with Crippen molar-refractivity contribution in [1.29, 1.82) is 0 Å². The second-order valence-electron chi connectivity index (χ2n) is 4.09. The van der Waals surface area contributed by atoms with E-state index in [-0.39, 0.29) is 17.0 Å². The number of carboxylic acids is 1. The van der Waals surface area contributed by atoms with Crippen LogP contribution in [0.4, 0.5) is 5.69 Å². The molecule has 0 aliphatic heterocycles. The second-order valence-corrected chi connectivity index (χ2v) is 4.09. The largest absolute Gasteiger partial charge is 0.478 e. The topological polar surface area (TPSA) is 107 Å². The van der Waals surface area contributed by atoms with Gasteiger partial charge in [-0.2, -0.15) is 5.10 Å². The van der Waals surface area contributed by atoms with Crippen LogP contribution in [0.5, 0.6) is 11.6 Å². The molecule has 1 N–H and O–H groups in total. The summed E-state index contributed by atoms with van der Waals surface area (Å²) in [6, 6.07) is 4.93. The minimum absolute atomic E-state index is 0.102. The van der Waals surface area contributed by atoms with Crippen molar-refractivity contribution in [2.45, 2.75) is 6.92 Å². The number of nitrogens with zero attached hydrogens (tertiary/aromatic N) is 3. The Hall–Kier alpha value is -2.90. The third kappa shape index (κ3) is 2.58. The number of rotatable bonds is 4. The molecule has 2 rings (SSSR count). The Balaban J connectivity index is 2.47. The summed E-state index contributed by atoms with van der Waals surface area (Å²) in [5, 5.41) is 23.9. The number of aryl methyl sites for hydroxylation is 2. The van der Waals surface area contributed by atoms with E-state index in [1.54, 1.807) is 20.0 Å². The highest BCUT2D eigenvalue weighted by Gasteiger charge is 2.18. The smallest absolute Gasteiger partial charge is 0.339 e. The van der Waals surface area contributed by atoms with E-state index >= 15 is 0 Å². The summed E-state index contributed by atoms with van der Waals surface area (Å²) in [5.74, 6) is -1.03. The maximum absolute atomic E-state index is 11.1. The Kier molecular flexibility index (Phi) is 3.38. The molecule has 0 radical (unpaired) electrons. The highest BCUT2D eigenvalue weighted by Crippen LogP contribution is 2.29. The Labute approximate surface area is 113 Å². The van der Waals surface area contributed by atoms with Crippen LogP contribution in [-0.2, 0) is 7.05 Å². The summed E-state index contributed by atoms with van der Waals surface area (Å²) in [6.07, 6.45) is 0. The van der Waals surface area contributed by atoms with Gasteiger partial charge in [-0.05, 0) is 13.0 Å². The van der Waals surface area contributed by atoms with E-state index in [9.17, 15) is 14.9 Å². The van der Waals surface area contributed by atoms with Crippen LogP contribution in [0, 0.1) is 17.0 Å². The normalized spacial score (nSPS) is 10.3. The van der Waals surface area contributed by atoms with Crippen molar-refractivity contribution in [1.82, 2.24) is 9.78 Å². The molecule has 0 atom stereocenters. The highest BCUT2D eigenvalue weighted by molar-refractivity contribution is 5.91. The highest BCUT2D eigenvalue weighted by atomic mass is 16.6. The predicted octanol–water partition coefficient (Wildman–Crippen LogP) is 2.13. The fraction of sp³-hybridized carbons (Fsp3) is 0.167. The van der Waals surface area contributed by atoms with E-state index in [1.807, 2.05) is 0 Å². The first-order valence-electron chi connectivity index (χ1n) is 5.58. The van der Waals surface area contributed by atoms with Gasteiger partial charge in [0, 0.05) is 19.2 Å². The lowest BCUT2D eigenvalue weighted by Crippen LogP contribution is -2.03. The van der Waals surface area contributed by atoms with Crippen LogP contribution in [0.3, 0.4) is 0 Å². The van der Waals surface area contributed by atoms with E-state index in [2.05, 4.69) is 5.10 Å². The van der Waals surface area contributed by atoms with E-state index in [1.165, 1.54) is 4.68 Å². The van der Waals surface area contributed by atoms with Gasteiger partial charge in [0.15, 0.2) is 5.75 Å². The minimum atomic E-state index is -1.23. The summed E-state index contributed by atoms with van der Waals surface area (Å²) in [5.41, 5.74) is 0.281. The monoisotopic (exact) mass is 277 g/mol. The van der Waals surface area contributed by atoms with E-state index in [4.69, 9.17) is 9.84 Å². The number of nitro benzene ring substituents is 1. The molecule has 104 valence electrons. The summed E-state index contributed by atoms with van der Waals surface area (Å²) in [7, 11) is 1.63. The lowest BCUT2D eigenvalue weighted by Gasteiger charge is -2.08. The van der Waals surface area contributed by atoms with Gasteiger partial charge in [-0.1, -0.05) is 0 Å². The van der Waals surface area contributed by atoms with Crippen molar-refractivity contribution in [2.24, 2.45) is 7.05 Å². The number of carbonyl (C=O) groups is 1. The molecule has 0 bridgehead atoms. The van der Waals surface area contributed by atoms with Gasteiger partial charge in [0.2, 0.25) is 5.88 Å². The number of non-ortho nitro benzene ring substituents is 1. The van der Waals surface area contributed by atoms with Gasteiger partial charge in [0.1, 0.15) is 5.56 Å². The molecule has 2 aromatic rings.